The predicted octanol–water partition coefficient (Wildman–Crippen LogP) is 2.08. The molecule has 0 unspecified atom stereocenters. The number of H-pyrrole nitrogens is 1. The molecule has 2 amide bonds. The summed E-state index contributed by atoms with van der Waals surface area (Å²) in [5, 5.41) is 5.43. The monoisotopic (exact) mass is 324 g/mol. The maximum Gasteiger partial charge on any atom is 0.326 e. The zero-order chi connectivity index (χ0) is 17.3. The van der Waals surface area contributed by atoms with Gasteiger partial charge in [-0.25, -0.2) is 4.79 Å². The fourth-order valence-electron chi connectivity index (χ4n) is 2.46. The first-order valence-corrected chi connectivity index (χ1v) is 7.32. The van der Waals surface area contributed by atoms with E-state index in [4.69, 9.17) is 0 Å². The number of aromatic amines is 1. The van der Waals surface area contributed by atoms with Crippen molar-refractivity contribution in [2.24, 2.45) is 7.05 Å². The summed E-state index contributed by atoms with van der Waals surface area (Å²) in [5.74, 6) is -0.487. The molecule has 122 valence electrons. The van der Waals surface area contributed by atoms with E-state index < -0.39 is 0 Å². The van der Waals surface area contributed by atoms with Gasteiger partial charge in [-0.15, -0.1) is 0 Å². The Hall–Kier alpha value is -3.35. The molecule has 0 fully saturated rings. The van der Waals surface area contributed by atoms with Crippen molar-refractivity contribution in [3.63, 3.8) is 0 Å². The summed E-state index contributed by atoms with van der Waals surface area (Å²) >= 11 is 0. The highest BCUT2D eigenvalue weighted by molar-refractivity contribution is 6.06. The van der Waals surface area contributed by atoms with Gasteiger partial charge in [0.2, 0.25) is 5.91 Å². The second-order valence-corrected chi connectivity index (χ2v) is 5.44. The number of fused-ring (bicyclic) bond motifs is 1. The van der Waals surface area contributed by atoms with Crippen LogP contribution in [0.1, 0.15) is 17.3 Å². The number of aryl methyl sites for hydroxylation is 1. The number of carbonyl (C=O) groups excluding carboxylic acids is 2. The third-order valence-electron chi connectivity index (χ3n) is 3.61. The maximum absolute atomic E-state index is 12.4. The zero-order valence-corrected chi connectivity index (χ0v) is 13.2. The van der Waals surface area contributed by atoms with Crippen LogP contribution in [0.25, 0.3) is 11.0 Å². The highest BCUT2D eigenvalue weighted by Crippen LogP contribution is 2.17. The fourth-order valence-corrected chi connectivity index (χ4v) is 2.46. The average molecular weight is 324 g/mol. The first kappa shape index (κ1) is 15.5. The van der Waals surface area contributed by atoms with Crippen LogP contribution >= 0.6 is 0 Å². The largest absolute Gasteiger partial charge is 0.326 e. The molecule has 0 aliphatic carbocycles. The van der Waals surface area contributed by atoms with Crippen LogP contribution < -0.4 is 16.3 Å². The van der Waals surface area contributed by atoms with Gasteiger partial charge >= 0.3 is 5.69 Å². The lowest BCUT2D eigenvalue weighted by Gasteiger charge is -2.08. The quantitative estimate of drug-likeness (QED) is 0.688. The summed E-state index contributed by atoms with van der Waals surface area (Å²) in [7, 11) is 1.66. The molecule has 0 bridgehead atoms. The van der Waals surface area contributed by atoms with Crippen molar-refractivity contribution in [1.82, 2.24) is 9.55 Å². The highest BCUT2D eigenvalue weighted by atomic mass is 16.2. The van der Waals surface area contributed by atoms with Gasteiger partial charge in [0.15, 0.2) is 0 Å². The Morgan fingerprint density at radius 3 is 2.46 bits per heavy atom. The Morgan fingerprint density at radius 1 is 1.04 bits per heavy atom. The number of carbonyl (C=O) groups is 2. The van der Waals surface area contributed by atoms with Gasteiger partial charge in [-0.1, -0.05) is 6.07 Å². The van der Waals surface area contributed by atoms with Crippen LogP contribution in [-0.4, -0.2) is 21.4 Å². The topological polar surface area (TPSA) is 96.0 Å². The van der Waals surface area contributed by atoms with E-state index in [2.05, 4.69) is 15.6 Å². The Labute approximate surface area is 137 Å². The molecule has 1 aromatic heterocycles. The van der Waals surface area contributed by atoms with Gasteiger partial charge in [0.05, 0.1) is 11.0 Å². The zero-order valence-electron chi connectivity index (χ0n) is 13.2. The third-order valence-corrected chi connectivity index (χ3v) is 3.61. The van der Waals surface area contributed by atoms with Crippen LogP contribution in [0.15, 0.2) is 47.3 Å². The number of hydrogen-bond donors (Lipinski definition) is 3. The van der Waals surface area contributed by atoms with Crippen LogP contribution in [0.5, 0.6) is 0 Å². The fraction of sp³-hybridized carbons (Fsp3) is 0.118. The Balaban J connectivity index is 1.84. The van der Waals surface area contributed by atoms with Crippen molar-refractivity contribution >= 4 is 34.2 Å². The molecule has 0 radical (unpaired) electrons. The normalized spacial score (nSPS) is 10.6. The van der Waals surface area contributed by atoms with E-state index in [1.165, 1.54) is 11.5 Å². The molecular formula is C17H16N4O3. The highest BCUT2D eigenvalue weighted by Gasteiger charge is 2.10. The lowest BCUT2D eigenvalue weighted by atomic mass is 10.1. The van der Waals surface area contributed by atoms with Gasteiger partial charge in [0.25, 0.3) is 5.91 Å². The van der Waals surface area contributed by atoms with Crippen LogP contribution in [0.4, 0.5) is 11.4 Å². The number of rotatable bonds is 3. The van der Waals surface area contributed by atoms with E-state index in [9.17, 15) is 14.4 Å². The van der Waals surface area contributed by atoms with Crippen molar-refractivity contribution < 1.29 is 9.59 Å². The van der Waals surface area contributed by atoms with Gasteiger partial charge in [-0.05, 0) is 36.4 Å². The van der Waals surface area contributed by atoms with Crippen LogP contribution in [0.2, 0.25) is 0 Å². The minimum Gasteiger partial charge on any atom is -0.326 e. The molecule has 3 rings (SSSR count). The average Bonchev–Trinajstić information content (AvgIpc) is 2.81. The van der Waals surface area contributed by atoms with Crippen LogP contribution in [0, 0.1) is 0 Å². The SMILES string of the molecule is CC(=O)Nc1cccc(NC(=O)c2ccc3c(c2)[nH]c(=O)n3C)c1. The summed E-state index contributed by atoms with van der Waals surface area (Å²) in [6.07, 6.45) is 0. The number of anilines is 2. The number of aromatic nitrogens is 2. The molecule has 7 nitrogen and oxygen atoms in total. The van der Waals surface area contributed by atoms with Crippen molar-refractivity contribution in [2.45, 2.75) is 6.92 Å². The number of nitrogens with one attached hydrogen (secondary N) is 3. The summed E-state index contributed by atoms with van der Waals surface area (Å²) < 4.78 is 1.48. The molecule has 3 N–H and O–H groups in total. The lowest BCUT2D eigenvalue weighted by Crippen LogP contribution is -2.12. The number of hydrogen-bond acceptors (Lipinski definition) is 3. The van der Waals surface area contributed by atoms with Crippen LogP contribution in [0.3, 0.4) is 0 Å². The molecule has 0 saturated heterocycles. The van der Waals surface area contributed by atoms with Gasteiger partial charge in [0, 0.05) is 30.9 Å². The molecule has 0 saturated carbocycles. The van der Waals surface area contributed by atoms with Gasteiger partial charge in [-0.2, -0.15) is 0 Å². The van der Waals surface area contributed by atoms with E-state index in [1.54, 1.807) is 49.5 Å². The molecule has 1 heterocycles. The number of nitrogens with zero attached hydrogens (tertiary/aromatic N) is 1. The molecule has 0 atom stereocenters. The van der Waals surface area contributed by atoms with Crippen molar-refractivity contribution in [2.75, 3.05) is 10.6 Å². The van der Waals surface area contributed by atoms with Gasteiger partial charge in [-0.3, -0.25) is 14.2 Å². The Bertz CT molecular complexity index is 1000. The first-order chi connectivity index (χ1) is 11.4. The molecule has 0 aliphatic rings. The Morgan fingerprint density at radius 2 is 1.75 bits per heavy atom. The summed E-state index contributed by atoms with van der Waals surface area (Å²) in [5.41, 5.74) is 2.68. The standard InChI is InChI=1S/C17H16N4O3/c1-10(22)18-12-4-3-5-13(9-12)19-16(23)11-6-7-15-14(8-11)20-17(24)21(15)2/h3-9H,1-2H3,(H,18,22)(H,19,23)(H,20,24). The van der Waals surface area contributed by atoms with Gasteiger partial charge in [0.1, 0.15) is 0 Å². The molecule has 24 heavy (non-hydrogen) atoms. The van der Waals surface area contributed by atoms with E-state index in [-0.39, 0.29) is 17.5 Å². The third kappa shape index (κ3) is 3.05. The van der Waals surface area contributed by atoms with E-state index in [0.717, 1.165) is 5.52 Å². The molecule has 0 spiro atoms. The van der Waals surface area contributed by atoms with Crippen molar-refractivity contribution in [1.29, 1.82) is 0 Å². The molecule has 7 heteroatoms. The summed E-state index contributed by atoms with van der Waals surface area (Å²) in [6, 6.07) is 11.9. The molecule has 3 aromatic rings. The minimum absolute atomic E-state index is 0.183. The minimum atomic E-state index is -0.304. The summed E-state index contributed by atoms with van der Waals surface area (Å²) in [6.45, 7) is 1.42. The number of amides is 2. The first-order valence-electron chi connectivity index (χ1n) is 7.32. The summed E-state index contributed by atoms with van der Waals surface area (Å²) in [4.78, 5) is 37.8. The van der Waals surface area contributed by atoms with E-state index in [0.29, 0.717) is 22.5 Å². The van der Waals surface area contributed by atoms with E-state index in [1.807, 2.05) is 0 Å². The molecule has 2 aromatic carbocycles. The maximum atomic E-state index is 12.4. The predicted molar refractivity (Wildman–Crippen MR) is 92.2 cm³/mol. The van der Waals surface area contributed by atoms with Crippen LogP contribution in [-0.2, 0) is 11.8 Å². The second kappa shape index (κ2) is 6.04. The number of benzene rings is 2. The molecular weight excluding hydrogens is 308 g/mol. The smallest absolute Gasteiger partial charge is 0.326 e. The van der Waals surface area contributed by atoms with E-state index >= 15 is 0 Å². The Kier molecular flexibility index (Phi) is 3.91. The second-order valence-electron chi connectivity index (χ2n) is 5.44. The van der Waals surface area contributed by atoms with Crippen molar-refractivity contribution in [3.8, 4) is 0 Å². The number of imidazole rings is 1. The van der Waals surface area contributed by atoms with Crippen molar-refractivity contribution in [3.05, 3.63) is 58.5 Å². The lowest BCUT2D eigenvalue weighted by molar-refractivity contribution is -0.114. The molecule has 0 aliphatic heterocycles. The van der Waals surface area contributed by atoms with Gasteiger partial charge < -0.3 is 15.6 Å².